The molecule has 0 aliphatic rings. The third-order valence-electron chi connectivity index (χ3n) is 2.57. The molecule has 0 aliphatic heterocycles. The predicted molar refractivity (Wildman–Crippen MR) is 66.5 cm³/mol. The average molecular weight is 233 g/mol. The van der Waals surface area contributed by atoms with Crippen molar-refractivity contribution < 1.29 is 4.42 Å². The van der Waals surface area contributed by atoms with Gasteiger partial charge < -0.3 is 14.3 Å². The number of nitrogens with one attached hydrogen (secondary N) is 1. The molecule has 0 saturated carbocycles. The number of aryl methyl sites for hydroxylation is 2. The van der Waals surface area contributed by atoms with Crippen molar-refractivity contribution in [3.05, 3.63) is 41.9 Å². The molecular weight excluding hydrogens is 214 g/mol. The van der Waals surface area contributed by atoms with Crippen LogP contribution in [0.4, 0.5) is 0 Å². The maximum absolute atomic E-state index is 5.39. The molecule has 0 radical (unpaired) electrons. The summed E-state index contributed by atoms with van der Waals surface area (Å²) in [5.74, 6) is 1.60. The highest BCUT2D eigenvalue weighted by molar-refractivity contribution is 5.09. The SMILES string of the molecule is CCCn1ccc(CNCc2ncc(C)o2)c1. The van der Waals surface area contributed by atoms with Crippen LogP contribution >= 0.6 is 0 Å². The summed E-state index contributed by atoms with van der Waals surface area (Å²) in [5.41, 5.74) is 1.29. The zero-order valence-electron chi connectivity index (χ0n) is 10.4. The van der Waals surface area contributed by atoms with Crippen LogP contribution in [0.2, 0.25) is 0 Å². The summed E-state index contributed by atoms with van der Waals surface area (Å²) >= 11 is 0. The molecule has 0 fully saturated rings. The van der Waals surface area contributed by atoms with Crippen LogP contribution in [0.15, 0.2) is 29.1 Å². The number of hydrogen-bond acceptors (Lipinski definition) is 3. The van der Waals surface area contributed by atoms with Crippen molar-refractivity contribution in [2.75, 3.05) is 0 Å². The zero-order valence-corrected chi connectivity index (χ0v) is 10.4. The van der Waals surface area contributed by atoms with Crippen molar-refractivity contribution >= 4 is 0 Å². The first-order valence-electron chi connectivity index (χ1n) is 6.04. The standard InChI is InChI=1S/C13H19N3O/c1-3-5-16-6-4-12(10-16)8-14-9-13-15-7-11(2)17-13/h4,6-7,10,14H,3,5,8-9H2,1-2H3. The van der Waals surface area contributed by atoms with E-state index in [1.165, 1.54) is 5.56 Å². The first-order valence-corrected chi connectivity index (χ1v) is 6.04. The molecule has 1 N–H and O–H groups in total. The van der Waals surface area contributed by atoms with Gasteiger partial charge in [0.05, 0.1) is 12.7 Å². The Hall–Kier alpha value is -1.55. The average Bonchev–Trinajstić information content (AvgIpc) is 2.89. The maximum atomic E-state index is 5.39. The van der Waals surface area contributed by atoms with Crippen molar-refractivity contribution in [2.45, 2.75) is 39.9 Å². The van der Waals surface area contributed by atoms with E-state index in [1.807, 2.05) is 6.92 Å². The summed E-state index contributed by atoms with van der Waals surface area (Å²) in [4.78, 5) is 4.15. The van der Waals surface area contributed by atoms with Crippen molar-refractivity contribution in [3.63, 3.8) is 0 Å². The Morgan fingerprint density at radius 2 is 2.29 bits per heavy atom. The summed E-state index contributed by atoms with van der Waals surface area (Å²) in [5, 5.41) is 3.32. The zero-order chi connectivity index (χ0) is 12.1. The van der Waals surface area contributed by atoms with Gasteiger partial charge in [-0.15, -0.1) is 0 Å². The molecule has 4 heteroatoms. The molecule has 2 heterocycles. The van der Waals surface area contributed by atoms with Crippen LogP contribution in [0, 0.1) is 6.92 Å². The molecule has 2 aromatic rings. The van der Waals surface area contributed by atoms with E-state index < -0.39 is 0 Å². The number of nitrogens with zero attached hydrogens (tertiary/aromatic N) is 2. The van der Waals surface area contributed by atoms with Gasteiger partial charge in [-0.3, -0.25) is 0 Å². The molecule has 0 amide bonds. The Morgan fingerprint density at radius 3 is 3.00 bits per heavy atom. The Bertz CT molecular complexity index is 459. The fourth-order valence-electron chi connectivity index (χ4n) is 1.79. The van der Waals surface area contributed by atoms with Gasteiger partial charge in [-0.05, 0) is 25.0 Å². The van der Waals surface area contributed by atoms with E-state index in [9.17, 15) is 0 Å². The van der Waals surface area contributed by atoms with Gasteiger partial charge in [0.1, 0.15) is 5.76 Å². The molecule has 0 spiro atoms. The van der Waals surface area contributed by atoms with Crippen LogP contribution < -0.4 is 5.32 Å². The van der Waals surface area contributed by atoms with Crippen molar-refractivity contribution in [2.24, 2.45) is 0 Å². The largest absolute Gasteiger partial charge is 0.445 e. The van der Waals surface area contributed by atoms with Crippen LogP contribution in [0.25, 0.3) is 0 Å². The lowest BCUT2D eigenvalue weighted by molar-refractivity contribution is 0.449. The number of oxazole rings is 1. The Labute approximate surface area is 102 Å². The lowest BCUT2D eigenvalue weighted by Gasteiger charge is -2.00. The maximum Gasteiger partial charge on any atom is 0.208 e. The van der Waals surface area contributed by atoms with E-state index >= 15 is 0 Å². The van der Waals surface area contributed by atoms with E-state index in [-0.39, 0.29) is 0 Å². The molecule has 17 heavy (non-hydrogen) atoms. The summed E-state index contributed by atoms with van der Waals surface area (Å²) in [6.45, 7) is 6.69. The first kappa shape index (κ1) is 11.9. The third-order valence-corrected chi connectivity index (χ3v) is 2.57. The Morgan fingerprint density at radius 1 is 1.41 bits per heavy atom. The Kier molecular flexibility index (Phi) is 3.98. The van der Waals surface area contributed by atoms with Crippen molar-refractivity contribution in [3.8, 4) is 0 Å². The molecule has 4 nitrogen and oxygen atoms in total. The fraction of sp³-hybridized carbons (Fsp3) is 0.462. The second kappa shape index (κ2) is 5.68. The third kappa shape index (κ3) is 3.46. The van der Waals surface area contributed by atoms with Crippen LogP contribution in [-0.2, 0) is 19.6 Å². The van der Waals surface area contributed by atoms with Gasteiger partial charge in [-0.25, -0.2) is 4.98 Å². The topological polar surface area (TPSA) is 43.0 Å². The van der Waals surface area contributed by atoms with Crippen LogP contribution in [0.1, 0.15) is 30.6 Å². The lowest BCUT2D eigenvalue weighted by atomic mass is 10.3. The second-order valence-electron chi connectivity index (χ2n) is 4.23. The van der Waals surface area contributed by atoms with Gasteiger partial charge in [0, 0.05) is 25.5 Å². The molecule has 2 aromatic heterocycles. The molecular formula is C13H19N3O. The van der Waals surface area contributed by atoms with Gasteiger partial charge in [0.2, 0.25) is 5.89 Å². The van der Waals surface area contributed by atoms with Crippen molar-refractivity contribution in [1.29, 1.82) is 0 Å². The minimum absolute atomic E-state index is 0.673. The molecule has 0 atom stereocenters. The smallest absolute Gasteiger partial charge is 0.208 e. The first-order chi connectivity index (χ1) is 8.28. The van der Waals surface area contributed by atoms with E-state index in [0.717, 1.165) is 31.2 Å². The highest BCUT2D eigenvalue weighted by Crippen LogP contribution is 2.04. The minimum Gasteiger partial charge on any atom is -0.445 e. The van der Waals surface area contributed by atoms with Gasteiger partial charge in [-0.1, -0.05) is 6.92 Å². The Balaban J connectivity index is 1.77. The molecule has 2 rings (SSSR count). The monoisotopic (exact) mass is 233 g/mol. The van der Waals surface area contributed by atoms with Crippen LogP contribution in [0.5, 0.6) is 0 Å². The number of aromatic nitrogens is 2. The predicted octanol–water partition coefficient (Wildman–Crippen LogP) is 2.48. The lowest BCUT2D eigenvalue weighted by Crippen LogP contribution is -2.12. The van der Waals surface area contributed by atoms with Gasteiger partial charge in [-0.2, -0.15) is 0 Å². The summed E-state index contributed by atoms with van der Waals surface area (Å²) in [7, 11) is 0. The molecule has 0 bridgehead atoms. The van der Waals surface area contributed by atoms with Crippen LogP contribution in [-0.4, -0.2) is 9.55 Å². The quantitative estimate of drug-likeness (QED) is 0.833. The highest BCUT2D eigenvalue weighted by atomic mass is 16.4. The molecule has 0 aromatic carbocycles. The minimum atomic E-state index is 0.673. The highest BCUT2D eigenvalue weighted by Gasteiger charge is 2.00. The van der Waals surface area contributed by atoms with Crippen molar-refractivity contribution in [1.82, 2.24) is 14.9 Å². The second-order valence-corrected chi connectivity index (χ2v) is 4.23. The normalized spacial score (nSPS) is 10.9. The van der Waals surface area contributed by atoms with E-state index in [0.29, 0.717) is 6.54 Å². The van der Waals surface area contributed by atoms with E-state index in [1.54, 1.807) is 6.20 Å². The fourth-order valence-corrected chi connectivity index (χ4v) is 1.79. The summed E-state index contributed by atoms with van der Waals surface area (Å²) in [6, 6.07) is 2.14. The van der Waals surface area contributed by atoms with Gasteiger partial charge >= 0.3 is 0 Å². The molecule has 92 valence electrons. The van der Waals surface area contributed by atoms with E-state index in [2.05, 4.69) is 40.3 Å². The van der Waals surface area contributed by atoms with Gasteiger partial charge in [0.15, 0.2) is 0 Å². The molecule has 0 aliphatic carbocycles. The molecule has 0 saturated heterocycles. The summed E-state index contributed by atoms with van der Waals surface area (Å²) in [6.07, 6.45) is 7.21. The number of hydrogen-bond donors (Lipinski definition) is 1. The number of rotatable bonds is 6. The van der Waals surface area contributed by atoms with E-state index in [4.69, 9.17) is 4.42 Å². The summed E-state index contributed by atoms with van der Waals surface area (Å²) < 4.78 is 7.60. The van der Waals surface area contributed by atoms with Gasteiger partial charge in [0.25, 0.3) is 0 Å². The molecule has 0 unspecified atom stereocenters. The van der Waals surface area contributed by atoms with Crippen LogP contribution in [0.3, 0.4) is 0 Å².